The Labute approximate surface area is 115 Å². The van der Waals surface area contributed by atoms with Gasteiger partial charge >= 0.3 is 12.7 Å². The second-order valence-electron chi connectivity index (χ2n) is 4.66. The molecule has 0 saturated heterocycles. The lowest BCUT2D eigenvalue weighted by Crippen LogP contribution is -2.22. The van der Waals surface area contributed by atoms with Gasteiger partial charge in [0.15, 0.2) is 11.5 Å². The molecule has 1 fully saturated rings. The van der Waals surface area contributed by atoms with E-state index in [1.165, 1.54) is 6.07 Å². The van der Waals surface area contributed by atoms with Crippen LogP contribution >= 0.6 is 0 Å². The van der Waals surface area contributed by atoms with Crippen molar-refractivity contribution in [1.29, 1.82) is 0 Å². The Hall–Kier alpha value is -1.64. The number of hydrogen-bond acceptors (Lipinski definition) is 3. The third-order valence-electron chi connectivity index (χ3n) is 2.93. The first-order valence-electron chi connectivity index (χ1n) is 5.96. The minimum absolute atomic E-state index is 0.123. The van der Waals surface area contributed by atoms with Crippen LogP contribution in [0.25, 0.3) is 0 Å². The topological polar surface area (TPSA) is 44.5 Å². The van der Waals surface area contributed by atoms with E-state index < -0.39 is 30.3 Å². The van der Waals surface area contributed by atoms with Crippen molar-refractivity contribution in [2.45, 2.75) is 31.6 Å². The van der Waals surface area contributed by atoms with Crippen molar-refractivity contribution >= 4 is 0 Å². The molecule has 3 nitrogen and oxygen atoms in total. The maximum absolute atomic E-state index is 12.3. The Morgan fingerprint density at radius 1 is 0.952 bits per heavy atom. The van der Waals surface area contributed by atoms with Crippen molar-refractivity contribution in [3.63, 3.8) is 0 Å². The molecule has 0 radical (unpaired) electrons. The van der Waals surface area contributed by atoms with Gasteiger partial charge in [-0.25, -0.2) is 0 Å². The standard InChI is InChI=1S/C12H11F6NO2/c13-11(14,15)20-8-4-3-7(10(19)6-1-2-6)5-9(8)21-12(16,17)18/h3-6,10H,1-2,19H2. The number of rotatable bonds is 4. The maximum atomic E-state index is 12.3. The first-order valence-corrected chi connectivity index (χ1v) is 5.96. The molecule has 0 heterocycles. The predicted molar refractivity (Wildman–Crippen MR) is 59.5 cm³/mol. The van der Waals surface area contributed by atoms with Crippen LogP contribution in [-0.2, 0) is 0 Å². The van der Waals surface area contributed by atoms with Crippen LogP contribution < -0.4 is 15.2 Å². The Kier molecular flexibility index (Phi) is 3.96. The van der Waals surface area contributed by atoms with Crippen LogP contribution in [-0.4, -0.2) is 12.7 Å². The van der Waals surface area contributed by atoms with Crippen molar-refractivity contribution in [3.05, 3.63) is 23.8 Å². The summed E-state index contributed by atoms with van der Waals surface area (Å²) < 4.78 is 80.4. The molecule has 0 aromatic heterocycles. The molecule has 1 aromatic rings. The minimum atomic E-state index is -5.13. The highest BCUT2D eigenvalue weighted by Gasteiger charge is 2.37. The number of alkyl halides is 6. The van der Waals surface area contributed by atoms with E-state index in [2.05, 4.69) is 9.47 Å². The third kappa shape index (κ3) is 4.69. The molecule has 9 heteroatoms. The van der Waals surface area contributed by atoms with E-state index in [0.717, 1.165) is 25.0 Å². The Morgan fingerprint density at radius 2 is 1.48 bits per heavy atom. The summed E-state index contributed by atoms with van der Waals surface area (Å²) in [6.45, 7) is 0. The van der Waals surface area contributed by atoms with Crippen LogP contribution in [0.5, 0.6) is 11.5 Å². The fraction of sp³-hybridized carbons (Fsp3) is 0.500. The number of benzene rings is 1. The van der Waals surface area contributed by atoms with Crippen molar-refractivity contribution < 1.29 is 35.8 Å². The summed E-state index contributed by atoms with van der Waals surface area (Å²) in [7, 11) is 0. The molecule has 0 spiro atoms. The fourth-order valence-electron chi connectivity index (χ4n) is 1.87. The van der Waals surface area contributed by atoms with Crippen molar-refractivity contribution in [1.82, 2.24) is 0 Å². The van der Waals surface area contributed by atoms with E-state index in [-0.39, 0.29) is 11.5 Å². The highest BCUT2D eigenvalue weighted by atomic mass is 19.4. The van der Waals surface area contributed by atoms with Crippen molar-refractivity contribution in [3.8, 4) is 11.5 Å². The lowest BCUT2D eigenvalue weighted by molar-refractivity contribution is -0.287. The molecular weight excluding hydrogens is 304 g/mol. The molecule has 0 aliphatic heterocycles. The van der Waals surface area contributed by atoms with E-state index in [9.17, 15) is 26.3 Å². The Balaban J connectivity index is 2.30. The van der Waals surface area contributed by atoms with Crippen molar-refractivity contribution in [2.24, 2.45) is 11.7 Å². The van der Waals surface area contributed by atoms with Gasteiger partial charge in [0.1, 0.15) is 0 Å². The zero-order chi connectivity index (χ0) is 15.8. The van der Waals surface area contributed by atoms with E-state index in [0.29, 0.717) is 0 Å². The number of hydrogen-bond donors (Lipinski definition) is 1. The van der Waals surface area contributed by atoms with E-state index >= 15 is 0 Å². The van der Waals surface area contributed by atoms with Crippen LogP contribution in [0.3, 0.4) is 0 Å². The summed E-state index contributed by atoms with van der Waals surface area (Å²) in [6, 6.07) is 2.26. The maximum Gasteiger partial charge on any atom is 0.573 e. The summed E-state index contributed by atoms with van der Waals surface area (Å²) >= 11 is 0. The lowest BCUT2D eigenvalue weighted by Gasteiger charge is -2.18. The van der Waals surface area contributed by atoms with Gasteiger partial charge in [-0.15, -0.1) is 26.3 Å². The quantitative estimate of drug-likeness (QED) is 0.857. The Morgan fingerprint density at radius 3 is 1.95 bits per heavy atom. The number of halogens is 6. The summed E-state index contributed by atoms with van der Waals surface area (Å²) in [5, 5.41) is 0. The van der Waals surface area contributed by atoms with Crippen LogP contribution in [0.15, 0.2) is 18.2 Å². The predicted octanol–water partition coefficient (Wildman–Crippen LogP) is 3.89. The molecule has 1 unspecified atom stereocenters. The zero-order valence-electron chi connectivity index (χ0n) is 10.5. The second kappa shape index (κ2) is 5.28. The van der Waals surface area contributed by atoms with Gasteiger partial charge in [-0.2, -0.15) is 0 Å². The molecule has 0 amide bonds. The first kappa shape index (κ1) is 15.7. The molecule has 1 saturated carbocycles. The molecular formula is C12H11F6NO2. The van der Waals surface area contributed by atoms with Crippen LogP contribution in [0.4, 0.5) is 26.3 Å². The molecule has 0 bridgehead atoms. The summed E-state index contributed by atoms with van der Waals surface area (Å²) in [4.78, 5) is 0. The highest BCUT2D eigenvalue weighted by Crippen LogP contribution is 2.43. The fourth-order valence-corrected chi connectivity index (χ4v) is 1.87. The summed E-state index contributed by atoms with van der Waals surface area (Å²) in [5.41, 5.74) is 6.08. The van der Waals surface area contributed by atoms with Gasteiger partial charge in [0, 0.05) is 6.04 Å². The van der Waals surface area contributed by atoms with Crippen molar-refractivity contribution in [2.75, 3.05) is 0 Å². The van der Waals surface area contributed by atoms with Gasteiger partial charge in [0.05, 0.1) is 0 Å². The van der Waals surface area contributed by atoms with E-state index in [1.54, 1.807) is 0 Å². The van der Waals surface area contributed by atoms with Crippen LogP contribution in [0.2, 0.25) is 0 Å². The molecule has 118 valence electrons. The molecule has 1 atom stereocenters. The molecule has 1 aliphatic rings. The lowest BCUT2D eigenvalue weighted by atomic mass is 10.0. The average Bonchev–Trinajstić information content (AvgIpc) is 3.10. The van der Waals surface area contributed by atoms with E-state index in [4.69, 9.17) is 5.73 Å². The second-order valence-corrected chi connectivity index (χ2v) is 4.66. The minimum Gasteiger partial charge on any atom is -0.402 e. The molecule has 1 aliphatic carbocycles. The normalized spacial score (nSPS) is 17.5. The highest BCUT2D eigenvalue weighted by molar-refractivity contribution is 5.44. The van der Waals surface area contributed by atoms with Gasteiger partial charge in [0.2, 0.25) is 0 Å². The molecule has 1 aromatic carbocycles. The summed E-state index contributed by atoms with van der Waals surface area (Å²) in [5.74, 6) is -2.00. The molecule has 2 N–H and O–H groups in total. The smallest absolute Gasteiger partial charge is 0.402 e. The molecule has 21 heavy (non-hydrogen) atoms. The number of nitrogens with two attached hydrogens (primary N) is 1. The van der Waals surface area contributed by atoms with Gasteiger partial charge in [0.25, 0.3) is 0 Å². The van der Waals surface area contributed by atoms with Crippen LogP contribution in [0.1, 0.15) is 24.4 Å². The summed E-state index contributed by atoms with van der Waals surface area (Å²) in [6.07, 6.45) is -8.59. The largest absolute Gasteiger partial charge is 0.573 e. The van der Waals surface area contributed by atoms with E-state index in [1.807, 2.05) is 0 Å². The zero-order valence-corrected chi connectivity index (χ0v) is 10.5. The van der Waals surface area contributed by atoms with Gasteiger partial charge in [-0.05, 0) is 36.5 Å². The monoisotopic (exact) mass is 315 g/mol. The average molecular weight is 315 g/mol. The Bertz CT molecular complexity index is 509. The first-order chi connectivity index (χ1) is 9.55. The van der Waals surface area contributed by atoms with Gasteiger partial charge in [-0.3, -0.25) is 0 Å². The number of ether oxygens (including phenoxy) is 2. The van der Waals surface area contributed by atoms with Crippen LogP contribution in [0, 0.1) is 5.92 Å². The third-order valence-corrected chi connectivity index (χ3v) is 2.93. The van der Waals surface area contributed by atoms with Gasteiger partial charge in [-0.1, -0.05) is 6.07 Å². The van der Waals surface area contributed by atoms with Gasteiger partial charge < -0.3 is 15.2 Å². The molecule has 2 rings (SSSR count). The SMILES string of the molecule is NC(c1ccc(OC(F)(F)F)c(OC(F)(F)F)c1)C1CC1.